The quantitative estimate of drug-likeness (QED) is 0.553. The number of carbonyl (C=O) groups excluding carboxylic acids is 1. The average molecular weight is 262 g/mol. The van der Waals surface area contributed by atoms with Crippen LogP contribution in [0.2, 0.25) is 0 Å². The van der Waals surface area contributed by atoms with E-state index >= 15 is 0 Å². The number of primary amides is 1. The molecule has 1 saturated heterocycles. The van der Waals surface area contributed by atoms with Gasteiger partial charge in [0.05, 0.1) is 6.10 Å². The molecule has 16 heavy (non-hydrogen) atoms. The SMILES string of the molecule is NC(=O)CCCSC(=S)NCC1CCCO1. The first-order valence-electron chi connectivity index (χ1n) is 5.49. The predicted octanol–water partition coefficient (Wildman–Crippen LogP) is 1.04. The molecule has 1 aliphatic rings. The Kier molecular flexibility index (Phi) is 6.75. The van der Waals surface area contributed by atoms with Crippen molar-refractivity contribution in [1.29, 1.82) is 0 Å². The van der Waals surface area contributed by atoms with E-state index in [2.05, 4.69) is 5.32 Å². The highest BCUT2D eigenvalue weighted by Gasteiger charge is 2.15. The van der Waals surface area contributed by atoms with Crippen molar-refractivity contribution in [2.24, 2.45) is 5.73 Å². The summed E-state index contributed by atoms with van der Waals surface area (Å²) in [6, 6.07) is 0. The lowest BCUT2D eigenvalue weighted by Gasteiger charge is -2.11. The lowest BCUT2D eigenvalue weighted by Crippen LogP contribution is -2.29. The van der Waals surface area contributed by atoms with Gasteiger partial charge in [-0.15, -0.1) is 0 Å². The molecule has 0 saturated carbocycles. The zero-order valence-electron chi connectivity index (χ0n) is 9.24. The summed E-state index contributed by atoms with van der Waals surface area (Å²) < 4.78 is 6.25. The molecule has 0 spiro atoms. The van der Waals surface area contributed by atoms with E-state index in [1.807, 2.05) is 0 Å². The highest BCUT2D eigenvalue weighted by Crippen LogP contribution is 2.12. The molecule has 0 aromatic rings. The molecule has 1 rings (SSSR count). The number of thiocarbonyl (C=S) groups is 1. The Morgan fingerprint density at radius 1 is 1.62 bits per heavy atom. The molecule has 0 aromatic carbocycles. The summed E-state index contributed by atoms with van der Waals surface area (Å²) in [6.07, 6.45) is 3.78. The van der Waals surface area contributed by atoms with Crippen molar-refractivity contribution in [2.75, 3.05) is 18.9 Å². The van der Waals surface area contributed by atoms with Crippen LogP contribution in [0.15, 0.2) is 0 Å². The topological polar surface area (TPSA) is 64.4 Å². The summed E-state index contributed by atoms with van der Waals surface area (Å²) in [5, 5.41) is 3.17. The Morgan fingerprint density at radius 2 is 2.44 bits per heavy atom. The number of amides is 1. The van der Waals surface area contributed by atoms with Gasteiger partial charge in [-0.25, -0.2) is 0 Å². The fraction of sp³-hybridized carbons (Fsp3) is 0.800. The first kappa shape index (κ1) is 13.7. The van der Waals surface area contributed by atoms with Crippen LogP contribution < -0.4 is 11.1 Å². The van der Waals surface area contributed by atoms with Crippen molar-refractivity contribution >= 4 is 34.2 Å². The van der Waals surface area contributed by atoms with Gasteiger partial charge in [-0.1, -0.05) is 24.0 Å². The summed E-state index contributed by atoms with van der Waals surface area (Å²) in [5.41, 5.74) is 5.04. The van der Waals surface area contributed by atoms with E-state index in [9.17, 15) is 4.79 Å². The summed E-state index contributed by atoms with van der Waals surface area (Å²) in [4.78, 5) is 10.5. The van der Waals surface area contributed by atoms with Gasteiger partial charge in [0.25, 0.3) is 0 Å². The van der Waals surface area contributed by atoms with Gasteiger partial charge < -0.3 is 15.8 Å². The summed E-state index contributed by atoms with van der Waals surface area (Å²) in [6.45, 7) is 1.66. The van der Waals surface area contributed by atoms with Crippen molar-refractivity contribution in [1.82, 2.24) is 5.32 Å². The van der Waals surface area contributed by atoms with Crippen LogP contribution in [0, 0.1) is 0 Å². The van der Waals surface area contributed by atoms with E-state index in [0.29, 0.717) is 12.5 Å². The molecular weight excluding hydrogens is 244 g/mol. The summed E-state index contributed by atoms with van der Waals surface area (Å²) in [7, 11) is 0. The maximum atomic E-state index is 10.5. The molecule has 0 radical (unpaired) electrons. The van der Waals surface area contributed by atoms with Gasteiger partial charge in [0.2, 0.25) is 5.91 Å². The number of hydrogen-bond acceptors (Lipinski definition) is 4. The fourth-order valence-electron chi connectivity index (χ4n) is 1.46. The van der Waals surface area contributed by atoms with Crippen molar-refractivity contribution in [3.05, 3.63) is 0 Å². The molecular formula is C10H18N2O2S2. The molecule has 4 nitrogen and oxygen atoms in total. The van der Waals surface area contributed by atoms with Gasteiger partial charge in [-0.3, -0.25) is 4.79 Å². The normalized spacial score (nSPS) is 19.6. The monoisotopic (exact) mass is 262 g/mol. The number of thioether (sulfide) groups is 1. The minimum atomic E-state index is -0.251. The highest BCUT2D eigenvalue weighted by molar-refractivity contribution is 8.22. The zero-order chi connectivity index (χ0) is 11.8. The molecule has 6 heteroatoms. The molecule has 3 N–H and O–H groups in total. The standard InChI is InChI=1S/C10H18N2O2S2/c11-9(13)4-2-6-16-10(15)12-7-8-3-1-5-14-8/h8H,1-7H2,(H2,11,13)(H,12,15). The Balaban J connectivity index is 1.95. The van der Waals surface area contributed by atoms with Crippen LogP contribution in [-0.4, -0.2) is 35.2 Å². The minimum Gasteiger partial charge on any atom is -0.376 e. The van der Waals surface area contributed by atoms with Crippen LogP contribution in [0.4, 0.5) is 0 Å². The maximum Gasteiger partial charge on any atom is 0.217 e. The van der Waals surface area contributed by atoms with Crippen LogP contribution in [0.25, 0.3) is 0 Å². The molecule has 1 aliphatic heterocycles. The molecule has 1 atom stereocenters. The molecule has 0 aromatic heterocycles. The molecule has 0 aliphatic carbocycles. The summed E-state index contributed by atoms with van der Waals surface area (Å²) in [5.74, 6) is 0.583. The second-order valence-corrected chi connectivity index (χ2v) is 5.49. The molecule has 0 bridgehead atoms. The van der Waals surface area contributed by atoms with Crippen molar-refractivity contribution in [3.8, 4) is 0 Å². The third-order valence-electron chi connectivity index (χ3n) is 2.30. The Bertz CT molecular complexity index is 243. The maximum absolute atomic E-state index is 10.5. The van der Waals surface area contributed by atoms with Crippen LogP contribution in [-0.2, 0) is 9.53 Å². The number of nitrogens with two attached hydrogens (primary N) is 1. The summed E-state index contributed by atoms with van der Waals surface area (Å²) >= 11 is 6.71. The van der Waals surface area contributed by atoms with E-state index in [4.69, 9.17) is 22.7 Å². The van der Waals surface area contributed by atoms with Crippen molar-refractivity contribution in [2.45, 2.75) is 31.8 Å². The van der Waals surface area contributed by atoms with Crippen molar-refractivity contribution < 1.29 is 9.53 Å². The Morgan fingerprint density at radius 3 is 3.06 bits per heavy atom. The smallest absolute Gasteiger partial charge is 0.217 e. The lowest BCUT2D eigenvalue weighted by molar-refractivity contribution is -0.118. The third-order valence-corrected chi connectivity index (χ3v) is 3.70. The minimum absolute atomic E-state index is 0.251. The van der Waals surface area contributed by atoms with E-state index in [1.165, 1.54) is 0 Å². The molecule has 1 fully saturated rings. The third kappa shape index (κ3) is 6.30. The van der Waals surface area contributed by atoms with Crippen LogP contribution in [0.5, 0.6) is 0 Å². The van der Waals surface area contributed by atoms with Gasteiger partial charge in [-0.05, 0) is 19.3 Å². The number of nitrogens with one attached hydrogen (secondary N) is 1. The average Bonchev–Trinajstić information content (AvgIpc) is 2.74. The highest BCUT2D eigenvalue weighted by atomic mass is 32.2. The van der Waals surface area contributed by atoms with Gasteiger partial charge in [0.15, 0.2) is 0 Å². The van der Waals surface area contributed by atoms with E-state index < -0.39 is 0 Å². The molecule has 92 valence electrons. The molecule has 1 amide bonds. The largest absolute Gasteiger partial charge is 0.376 e. The van der Waals surface area contributed by atoms with Gasteiger partial charge in [-0.2, -0.15) is 0 Å². The zero-order valence-corrected chi connectivity index (χ0v) is 10.9. The predicted molar refractivity (Wildman–Crippen MR) is 70.5 cm³/mol. The first-order valence-corrected chi connectivity index (χ1v) is 6.88. The van der Waals surface area contributed by atoms with Gasteiger partial charge in [0, 0.05) is 25.3 Å². The van der Waals surface area contributed by atoms with Gasteiger partial charge in [0.1, 0.15) is 4.32 Å². The Hall–Kier alpha value is -0.330. The first-order chi connectivity index (χ1) is 7.68. The number of ether oxygens (including phenoxy) is 1. The second kappa shape index (κ2) is 7.86. The van der Waals surface area contributed by atoms with E-state index in [-0.39, 0.29) is 5.91 Å². The number of carbonyl (C=O) groups is 1. The van der Waals surface area contributed by atoms with E-state index in [1.54, 1.807) is 11.8 Å². The molecule has 1 unspecified atom stereocenters. The van der Waals surface area contributed by atoms with Gasteiger partial charge >= 0.3 is 0 Å². The van der Waals surface area contributed by atoms with E-state index in [0.717, 1.165) is 42.5 Å². The van der Waals surface area contributed by atoms with Crippen LogP contribution >= 0.6 is 24.0 Å². The lowest BCUT2D eigenvalue weighted by atomic mass is 10.2. The number of rotatable bonds is 6. The molecule has 1 heterocycles. The fourth-order valence-corrected chi connectivity index (χ4v) is 2.46. The van der Waals surface area contributed by atoms with Crippen LogP contribution in [0.1, 0.15) is 25.7 Å². The Labute approximate surface area is 106 Å². The van der Waals surface area contributed by atoms with Crippen molar-refractivity contribution in [3.63, 3.8) is 0 Å². The number of hydrogen-bond donors (Lipinski definition) is 2. The van der Waals surface area contributed by atoms with Crippen LogP contribution in [0.3, 0.4) is 0 Å². The second-order valence-electron chi connectivity index (χ2n) is 3.72.